The van der Waals surface area contributed by atoms with Crippen LogP contribution in [0.2, 0.25) is 0 Å². The minimum atomic E-state index is -0.0843. The van der Waals surface area contributed by atoms with Gasteiger partial charge in [0.15, 0.2) is 0 Å². The molecule has 1 aromatic carbocycles. The maximum absolute atomic E-state index is 12.7. The largest absolute Gasteiger partial charge is 0.324 e. The molecule has 0 aliphatic carbocycles. The fraction of sp³-hybridized carbons (Fsp3) is 0.632. The Kier molecular flexibility index (Phi) is 6.60. The van der Waals surface area contributed by atoms with Crippen molar-refractivity contribution < 1.29 is 4.79 Å². The highest BCUT2D eigenvalue weighted by molar-refractivity contribution is 5.95. The second-order valence-corrected chi connectivity index (χ2v) is 6.53. The van der Waals surface area contributed by atoms with E-state index in [9.17, 15) is 4.79 Å². The highest BCUT2D eigenvalue weighted by atomic mass is 16.2. The number of carbonyl (C=O) groups excluding carboxylic acids is 1. The van der Waals surface area contributed by atoms with Crippen LogP contribution in [-0.4, -0.2) is 54.5 Å². The summed E-state index contributed by atoms with van der Waals surface area (Å²) in [5, 5.41) is 3.15. The highest BCUT2D eigenvalue weighted by Crippen LogP contribution is 2.26. The van der Waals surface area contributed by atoms with Gasteiger partial charge in [0.25, 0.3) is 0 Å². The average Bonchev–Trinajstić information content (AvgIpc) is 2.61. The zero-order valence-electron chi connectivity index (χ0n) is 15.0. The summed E-state index contributed by atoms with van der Waals surface area (Å²) in [5.74, 6) is 0.556. The first-order valence-electron chi connectivity index (χ1n) is 8.93. The topological polar surface area (TPSA) is 35.6 Å². The third kappa shape index (κ3) is 4.55. The van der Waals surface area contributed by atoms with Gasteiger partial charge in [0, 0.05) is 31.9 Å². The van der Waals surface area contributed by atoms with E-state index in [-0.39, 0.29) is 11.9 Å². The van der Waals surface area contributed by atoms with Gasteiger partial charge in [-0.15, -0.1) is 0 Å². The predicted molar refractivity (Wildman–Crippen MR) is 96.9 cm³/mol. The van der Waals surface area contributed by atoms with Crippen molar-refractivity contribution in [3.8, 4) is 0 Å². The van der Waals surface area contributed by atoms with E-state index >= 15 is 0 Å². The summed E-state index contributed by atoms with van der Waals surface area (Å²) in [6.45, 7) is 13.7. The normalized spacial score (nSPS) is 19.3. The summed E-state index contributed by atoms with van der Waals surface area (Å²) >= 11 is 0. The number of hydrogen-bond donors (Lipinski definition) is 1. The van der Waals surface area contributed by atoms with Gasteiger partial charge in [-0.1, -0.05) is 39.0 Å². The van der Waals surface area contributed by atoms with Crippen LogP contribution in [0.1, 0.15) is 45.6 Å². The van der Waals surface area contributed by atoms with Crippen LogP contribution in [-0.2, 0) is 4.79 Å². The third-order valence-electron chi connectivity index (χ3n) is 5.14. The van der Waals surface area contributed by atoms with Crippen LogP contribution < -0.4 is 5.32 Å². The molecule has 2 unspecified atom stereocenters. The molecule has 1 heterocycles. The smallest absolute Gasteiger partial charge is 0.241 e. The third-order valence-corrected chi connectivity index (χ3v) is 5.14. The number of hydrogen-bond acceptors (Lipinski definition) is 3. The molecule has 1 aliphatic heterocycles. The second kappa shape index (κ2) is 8.46. The predicted octanol–water partition coefficient (Wildman–Crippen LogP) is 3.16. The zero-order chi connectivity index (χ0) is 16.8. The van der Waals surface area contributed by atoms with Crippen LogP contribution in [0.4, 0.5) is 5.69 Å². The molecule has 0 saturated carbocycles. The SMILES string of the molecule is CCC(C)c1ccccc1NC(=O)C(C)N1CCN(CC)CC1. The first kappa shape index (κ1) is 18.0. The zero-order valence-corrected chi connectivity index (χ0v) is 15.0. The van der Waals surface area contributed by atoms with Gasteiger partial charge in [0.1, 0.15) is 0 Å². The molecule has 1 aromatic rings. The van der Waals surface area contributed by atoms with Crippen LogP contribution in [0.25, 0.3) is 0 Å². The van der Waals surface area contributed by atoms with Crippen molar-refractivity contribution in [3.05, 3.63) is 29.8 Å². The van der Waals surface area contributed by atoms with Gasteiger partial charge in [0.2, 0.25) is 5.91 Å². The monoisotopic (exact) mass is 317 g/mol. The molecule has 2 atom stereocenters. The Bertz CT molecular complexity index is 509. The molecule has 0 spiro atoms. The van der Waals surface area contributed by atoms with Crippen molar-refractivity contribution in [3.63, 3.8) is 0 Å². The summed E-state index contributed by atoms with van der Waals surface area (Å²) in [5.41, 5.74) is 2.19. The van der Waals surface area contributed by atoms with Crippen LogP contribution in [0.5, 0.6) is 0 Å². The Morgan fingerprint density at radius 1 is 1.13 bits per heavy atom. The Balaban J connectivity index is 1.99. The number of nitrogens with one attached hydrogen (secondary N) is 1. The number of anilines is 1. The molecule has 1 aliphatic rings. The van der Waals surface area contributed by atoms with E-state index in [0.29, 0.717) is 5.92 Å². The van der Waals surface area contributed by atoms with Crippen molar-refractivity contribution in [2.45, 2.75) is 46.1 Å². The summed E-state index contributed by atoms with van der Waals surface area (Å²) in [4.78, 5) is 17.4. The molecule has 128 valence electrons. The van der Waals surface area contributed by atoms with E-state index in [1.54, 1.807) is 0 Å². The highest BCUT2D eigenvalue weighted by Gasteiger charge is 2.25. The molecular weight excluding hydrogens is 286 g/mol. The minimum absolute atomic E-state index is 0.0843. The summed E-state index contributed by atoms with van der Waals surface area (Å²) in [7, 11) is 0. The Hall–Kier alpha value is -1.39. The lowest BCUT2D eigenvalue weighted by molar-refractivity contribution is -0.121. The number of carbonyl (C=O) groups is 1. The average molecular weight is 317 g/mol. The molecule has 4 nitrogen and oxygen atoms in total. The van der Waals surface area contributed by atoms with Crippen molar-refractivity contribution in [1.82, 2.24) is 9.80 Å². The molecular formula is C19H31N3O. The number of likely N-dealkylation sites (N-methyl/N-ethyl adjacent to an activating group) is 1. The van der Waals surface area contributed by atoms with Gasteiger partial charge in [-0.3, -0.25) is 9.69 Å². The van der Waals surface area contributed by atoms with Gasteiger partial charge in [-0.2, -0.15) is 0 Å². The Morgan fingerprint density at radius 3 is 2.39 bits per heavy atom. The van der Waals surface area contributed by atoms with Crippen molar-refractivity contribution >= 4 is 11.6 Å². The van der Waals surface area contributed by atoms with Crippen molar-refractivity contribution in [2.24, 2.45) is 0 Å². The van der Waals surface area contributed by atoms with E-state index in [4.69, 9.17) is 0 Å². The second-order valence-electron chi connectivity index (χ2n) is 6.53. The van der Waals surface area contributed by atoms with Gasteiger partial charge in [-0.05, 0) is 37.4 Å². The molecule has 1 fully saturated rings. The quantitative estimate of drug-likeness (QED) is 0.875. The number of rotatable bonds is 6. The van der Waals surface area contributed by atoms with E-state index in [1.807, 2.05) is 25.1 Å². The van der Waals surface area contributed by atoms with E-state index in [1.165, 1.54) is 5.56 Å². The number of piperazine rings is 1. The fourth-order valence-electron chi connectivity index (χ4n) is 3.13. The molecule has 1 saturated heterocycles. The fourth-order valence-corrected chi connectivity index (χ4v) is 3.13. The van der Waals surface area contributed by atoms with Crippen molar-refractivity contribution in [2.75, 3.05) is 38.0 Å². The Morgan fingerprint density at radius 2 is 1.78 bits per heavy atom. The van der Waals surface area contributed by atoms with Crippen LogP contribution in [0, 0.1) is 0 Å². The molecule has 1 amide bonds. The molecule has 1 N–H and O–H groups in total. The molecule has 0 aromatic heterocycles. The minimum Gasteiger partial charge on any atom is -0.324 e. The maximum Gasteiger partial charge on any atom is 0.241 e. The molecule has 2 rings (SSSR count). The van der Waals surface area contributed by atoms with Crippen LogP contribution in [0.3, 0.4) is 0 Å². The van der Waals surface area contributed by atoms with Crippen LogP contribution >= 0.6 is 0 Å². The number of amides is 1. The standard InChI is InChI=1S/C19H31N3O/c1-5-15(3)17-9-7-8-10-18(17)20-19(23)16(4)22-13-11-21(6-2)12-14-22/h7-10,15-16H,5-6,11-14H2,1-4H3,(H,20,23). The summed E-state index contributed by atoms with van der Waals surface area (Å²) in [6.07, 6.45) is 1.07. The number of nitrogens with zero attached hydrogens (tertiary/aromatic N) is 2. The number of para-hydroxylation sites is 1. The Labute approximate surface area is 140 Å². The lowest BCUT2D eigenvalue weighted by Crippen LogP contribution is -2.52. The summed E-state index contributed by atoms with van der Waals surface area (Å²) < 4.78 is 0. The van der Waals surface area contributed by atoms with Crippen LogP contribution in [0.15, 0.2) is 24.3 Å². The molecule has 4 heteroatoms. The van der Waals surface area contributed by atoms with Gasteiger partial charge in [0.05, 0.1) is 6.04 Å². The van der Waals surface area contributed by atoms with E-state index < -0.39 is 0 Å². The van der Waals surface area contributed by atoms with Gasteiger partial charge in [-0.25, -0.2) is 0 Å². The molecule has 0 bridgehead atoms. The number of benzene rings is 1. The summed E-state index contributed by atoms with van der Waals surface area (Å²) in [6, 6.07) is 8.09. The van der Waals surface area contributed by atoms with E-state index in [2.05, 4.69) is 42.0 Å². The maximum atomic E-state index is 12.7. The van der Waals surface area contributed by atoms with Crippen molar-refractivity contribution in [1.29, 1.82) is 0 Å². The molecule has 0 radical (unpaired) electrons. The lowest BCUT2D eigenvalue weighted by Gasteiger charge is -2.37. The first-order chi connectivity index (χ1) is 11.1. The molecule has 23 heavy (non-hydrogen) atoms. The van der Waals surface area contributed by atoms with E-state index in [0.717, 1.165) is 44.8 Å². The van der Waals surface area contributed by atoms with Gasteiger partial charge < -0.3 is 10.2 Å². The van der Waals surface area contributed by atoms with Gasteiger partial charge >= 0.3 is 0 Å². The first-order valence-corrected chi connectivity index (χ1v) is 8.93. The lowest BCUT2D eigenvalue weighted by atomic mass is 9.97.